The summed E-state index contributed by atoms with van der Waals surface area (Å²) in [7, 11) is 0. The van der Waals surface area contributed by atoms with Gasteiger partial charge >= 0.3 is 0 Å². The normalized spacial score (nSPS) is 14.5. The SMILES string of the molecule is CC1=C(Sc2ccc(F)cc2F)C(=O)c2sc(C)nc2C1=O. The smallest absolute Gasteiger partial charge is 0.212 e. The summed E-state index contributed by atoms with van der Waals surface area (Å²) in [5.74, 6) is -2.13. The zero-order chi connectivity index (χ0) is 16.0. The number of nitrogens with zero attached hydrogens (tertiary/aromatic N) is 1. The van der Waals surface area contributed by atoms with Gasteiger partial charge in [-0.05, 0) is 26.0 Å². The molecule has 0 unspecified atom stereocenters. The summed E-state index contributed by atoms with van der Waals surface area (Å²) in [5.41, 5.74) is 0.394. The molecule has 0 saturated carbocycles. The minimum absolute atomic E-state index is 0.0987. The molecule has 1 aliphatic rings. The summed E-state index contributed by atoms with van der Waals surface area (Å²) in [6.07, 6.45) is 0. The van der Waals surface area contributed by atoms with E-state index in [1.165, 1.54) is 13.0 Å². The van der Waals surface area contributed by atoms with Crippen LogP contribution in [0.15, 0.2) is 33.6 Å². The van der Waals surface area contributed by atoms with Crippen LogP contribution in [-0.2, 0) is 0 Å². The van der Waals surface area contributed by atoms with E-state index in [0.717, 1.165) is 35.2 Å². The van der Waals surface area contributed by atoms with Crippen molar-refractivity contribution in [3.63, 3.8) is 0 Å². The lowest BCUT2D eigenvalue weighted by molar-refractivity contribution is 0.0981. The fourth-order valence-electron chi connectivity index (χ4n) is 2.08. The summed E-state index contributed by atoms with van der Waals surface area (Å²) in [6, 6.07) is 3.11. The number of carbonyl (C=O) groups excluding carboxylic acids is 2. The molecule has 0 saturated heterocycles. The van der Waals surface area contributed by atoms with Gasteiger partial charge in [-0.2, -0.15) is 0 Å². The summed E-state index contributed by atoms with van der Waals surface area (Å²) in [6.45, 7) is 3.23. The Bertz CT molecular complexity index is 855. The Balaban J connectivity index is 2.04. The van der Waals surface area contributed by atoms with Crippen LogP contribution in [0.3, 0.4) is 0 Å². The van der Waals surface area contributed by atoms with Crippen molar-refractivity contribution in [2.24, 2.45) is 0 Å². The Morgan fingerprint density at radius 2 is 1.86 bits per heavy atom. The van der Waals surface area contributed by atoms with E-state index >= 15 is 0 Å². The standard InChI is InChI=1S/C15H9F2NO2S2/c1-6-12(19)11-15(21-7(2)18-11)13(20)14(6)22-10-4-3-8(16)5-9(10)17/h3-5H,1-2H3. The molecule has 3 nitrogen and oxygen atoms in total. The minimum Gasteiger partial charge on any atom is -0.287 e. The Hall–Kier alpha value is -1.86. The highest BCUT2D eigenvalue weighted by molar-refractivity contribution is 8.04. The molecule has 2 aromatic rings. The van der Waals surface area contributed by atoms with Crippen molar-refractivity contribution in [3.05, 3.63) is 55.9 Å². The summed E-state index contributed by atoms with van der Waals surface area (Å²) < 4.78 is 26.7. The Morgan fingerprint density at radius 1 is 1.14 bits per heavy atom. The minimum atomic E-state index is -0.767. The molecular formula is C15H9F2NO2S2. The van der Waals surface area contributed by atoms with Crippen LogP contribution in [0.2, 0.25) is 0 Å². The predicted octanol–water partition coefficient (Wildman–Crippen LogP) is 4.18. The molecule has 112 valence electrons. The molecule has 7 heteroatoms. The van der Waals surface area contributed by atoms with Crippen molar-refractivity contribution in [3.8, 4) is 0 Å². The maximum absolute atomic E-state index is 13.8. The topological polar surface area (TPSA) is 47.0 Å². The monoisotopic (exact) mass is 337 g/mol. The molecule has 1 heterocycles. The van der Waals surface area contributed by atoms with Gasteiger partial charge in [0.25, 0.3) is 0 Å². The van der Waals surface area contributed by atoms with Crippen molar-refractivity contribution in [2.75, 3.05) is 0 Å². The molecule has 1 aliphatic carbocycles. The Kier molecular flexibility index (Phi) is 3.70. The van der Waals surface area contributed by atoms with Crippen LogP contribution < -0.4 is 0 Å². The third-order valence-corrected chi connectivity index (χ3v) is 5.37. The largest absolute Gasteiger partial charge is 0.287 e. The molecule has 0 bridgehead atoms. The number of thiazole rings is 1. The summed E-state index contributed by atoms with van der Waals surface area (Å²) in [5, 5.41) is 0.624. The molecule has 0 aliphatic heterocycles. The fourth-order valence-corrected chi connectivity index (χ4v) is 3.96. The van der Waals surface area contributed by atoms with Crippen LogP contribution in [-0.4, -0.2) is 16.6 Å². The quantitative estimate of drug-likeness (QED) is 0.825. The number of aromatic nitrogens is 1. The van der Waals surface area contributed by atoms with Crippen LogP contribution in [0.25, 0.3) is 0 Å². The number of benzene rings is 1. The number of thioether (sulfide) groups is 1. The summed E-state index contributed by atoms with van der Waals surface area (Å²) >= 11 is 1.98. The van der Waals surface area contributed by atoms with Crippen molar-refractivity contribution in [1.29, 1.82) is 0 Å². The molecule has 0 spiro atoms. The van der Waals surface area contributed by atoms with Crippen LogP contribution in [0.5, 0.6) is 0 Å². The zero-order valence-corrected chi connectivity index (χ0v) is 13.2. The first kappa shape index (κ1) is 15.1. The fraction of sp³-hybridized carbons (Fsp3) is 0.133. The lowest BCUT2D eigenvalue weighted by Gasteiger charge is -2.14. The van der Waals surface area contributed by atoms with Gasteiger partial charge in [0.05, 0.1) is 9.91 Å². The van der Waals surface area contributed by atoms with Crippen molar-refractivity contribution < 1.29 is 18.4 Å². The van der Waals surface area contributed by atoms with E-state index in [1.807, 2.05) is 0 Å². The third kappa shape index (κ3) is 2.40. The number of fused-ring (bicyclic) bond motifs is 1. The van der Waals surface area contributed by atoms with Gasteiger partial charge in [-0.25, -0.2) is 13.8 Å². The number of allylic oxidation sites excluding steroid dienone is 2. The van der Waals surface area contributed by atoms with Crippen LogP contribution in [0.4, 0.5) is 8.78 Å². The molecule has 0 N–H and O–H groups in total. The molecular weight excluding hydrogens is 328 g/mol. The highest BCUT2D eigenvalue weighted by atomic mass is 32.2. The van der Waals surface area contributed by atoms with Crippen molar-refractivity contribution in [2.45, 2.75) is 18.7 Å². The van der Waals surface area contributed by atoms with Gasteiger partial charge < -0.3 is 0 Å². The van der Waals surface area contributed by atoms with Crippen molar-refractivity contribution in [1.82, 2.24) is 4.98 Å². The van der Waals surface area contributed by atoms with E-state index in [0.29, 0.717) is 5.01 Å². The third-order valence-electron chi connectivity index (χ3n) is 3.15. The van der Waals surface area contributed by atoms with Gasteiger partial charge in [-0.3, -0.25) is 9.59 Å². The Morgan fingerprint density at radius 3 is 2.55 bits per heavy atom. The lowest BCUT2D eigenvalue weighted by Crippen LogP contribution is -2.18. The van der Waals surface area contributed by atoms with Crippen LogP contribution in [0.1, 0.15) is 32.1 Å². The summed E-state index contributed by atoms with van der Waals surface area (Å²) in [4.78, 5) is 29.4. The molecule has 1 aromatic heterocycles. The second-order valence-corrected chi connectivity index (χ2v) is 6.96. The molecule has 3 rings (SSSR count). The molecule has 0 radical (unpaired) electrons. The number of halogens is 2. The second-order valence-electron chi connectivity index (χ2n) is 4.70. The van der Waals surface area contributed by atoms with Gasteiger partial charge in [0.1, 0.15) is 22.2 Å². The molecule has 0 atom stereocenters. The van der Waals surface area contributed by atoms with E-state index in [2.05, 4.69) is 4.98 Å². The van der Waals surface area contributed by atoms with Crippen LogP contribution >= 0.6 is 23.1 Å². The number of aryl methyl sites for hydroxylation is 1. The Labute approximate surface area is 133 Å². The number of Topliss-reactive ketones (excluding diaryl/α,β-unsaturated/α-hetero) is 2. The first-order chi connectivity index (χ1) is 10.4. The highest BCUT2D eigenvalue weighted by Gasteiger charge is 2.34. The number of carbonyl (C=O) groups is 2. The number of rotatable bonds is 2. The van der Waals surface area contributed by atoms with E-state index in [4.69, 9.17) is 0 Å². The molecule has 22 heavy (non-hydrogen) atoms. The van der Waals surface area contributed by atoms with Crippen LogP contribution in [0, 0.1) is 18.6 Å². The van der Waals surface area contributed by atoms with Gasteiger partial charge in [-0.1, -0.05) is 11.8 Å². The molecule has 0 fully saturated rings. The van der Waals surface area contributed by atoms with Gasteiger partial charge in [-0.15, -0.1) is 11.3 Å². The zero-order valence-electron chi connectivity index (χ0n) is 11.6. The maximum Gasteiger partial charge on any atom is 0.212 e. The second kappa shape index (κ2) is 5.40. The number of hydrogen-bond acceptors (Lipinski definition) is 5. The predicted molar refractivity (Wildman–Crippen MR) is 80.4 cm³/mol. The average molecular weight is 337 g/mol. The highest BCUT2D eigenvalue weighted by Crippen LogP contribution is 2.39. The number of ketones is 2. The lowest BCUT2D eigenvalue weighted by atomic mass is 10.0. The first-order valence-corrected chi connectivity index (χ1v) is 7.92. The molecule has 1 aromatic carbocycles. The van der Waals surface area contributed by atoms with Crippen molar-refractivity contribution >= 4 is 34.7 Å². The average Bonchev–Trinajstić information content (AvgIpc) is 2.85. The van der Waals surface area contributed by atoms with E-state index in [1.54, 1.807) is 6.92 Å². The van der Waals surface area contributed by atoms with E-state index in [-0.39, 0.29) is 37.5 Å². The van der Waals surface area contributed by atoms with Gasteiger partial charge in [0.2, 0.25) is 11.6 Å². The van der Waals surface area contributed by atoms with E-state index in [9.17, 15) is 18.4 Å². The maximum atomic E-state index is 13.8. The van der Waals surface area contributed by atoms with E-state index < -0.39 is 11.6 Å². The van der Waals surface area contributed by atoms with Gasteiger partial charge in [0.15, 0.2) is 0 Å². The number of hydrogen-bond donors (Lipinski definition) is 0. The molecule has 0 amide bonds. The van der Waals surface area contributed by atoms with Gasteiger partial charge in [0, 0.05) is 16.5 Å². The first-order valence-electron chi connectivity index (χ1n) is 6.29.